The Morgan fingerprint density at radius 2 is 2.06 bits per heavy atom. The Balaban J connectivity index is 2.21. The summed E-state index contributed by atoms with van der Waals surface area (Å²) in [4.78, 5) is 0. The molecule has 16 heavy (non-hydrogen) atoms. The van der Waals surface area contributed by atoms with Gasteiger partial charge in [-0.15, -0.1) is 0 Å². The van der Waals surface area contributed by atoms with Gasteiger partial charge in [0.25, 0.3) is 0 Å². The van der Waals surface area contributed by atoms with E-state index in [9.17, 15) is 0 Å². The Morgan fingerprint density at radius 1 is 1.31 bits per heavy atom. The number of rotatable bonds is 6. The van der Waals surface area contributed by atoms with E-state index in [2.05, 4.69) is 20.8 Å². The first-order chi connectivity index (χ1) is 7.63. The average molecular weight is 227 g/mol. The zero-order chi connectivity index (χ0) is 12.0. The van der Waals surface area contributed by atoms with E-state index in [-0.39, 0.29) is 0 Å². The molecule has 0 aliphatic heterocycles. The summed E-state index contributed by atoms with van der Waals surface area (Å²) in [5.41, 5.74) is 5.81. The highest BCUT2D eigenvalue weighted by Crippen LogP contribution is 2.30. The van der Waals surface area contributed by atoms with Crippen LogP contribution in [0.2, 0.25) is 0 Å². The lowest BCUT2D eigenvalue weighted by molar-refractivity contribution is -0.0228. The topological polar surface area (TPSA) is 35.2 Å². The molecule has 0 spiro atoms. The van der Waals surface area contributed by atoms with E-state index in [1.54, 1.807) is 0 Å². The first-order valence-electron chi connectivity index (χ1n) is 6.95. The van der Waals surface area contributed by atoms with Gasteiger partial charge in [0.1, 0.15) is 0 Å². The summed E-state index contributed by atoms with van der Waals surface area (Å²) >= 11 is 0. The molecule has 0 heterocycles. The standard InChI is InChI=1S/C14H29NO/c1-11(2)5-4-8-16-14-9-12(3)6-7-13(14)10-15/h11-14H,4-10,15H2,1-3H3. The fraction of sp³-hybridized carbons (Fsp3) is 1.00. The van der Waals surface area contributed by atoms with Gasteiger partial charge >= 0.3 is 0 Å². The van der Waals surface area contributed by atoms with E-state index >= 15 is 0 Å². The zero-order valence-electron chi connectivity index (χ0n) is 11.2. The lowest BCUT2D eigenvalue weighted by Crippen LogP contribution is -2.36. The molecule has 1 saturated carbocycles. The van der Waals surface area contributed by atoms with Crippen LogP contribution in [-0.2, 0) is 4.74 Å². The highest BCUT2D eigenvalue weighted by molar-refractivity contribution is 4.79. The van der Waals surface area contributed by atoms with Gasteiger partial charge in [0, 0.05) is 6.61 Å². The summed E-state index contributed by atoms with van der Waals surface area (Å²) in [5.74, 6) is 2.22. The lowest BCUT2D eigenvalue weighted by Gasteiger charge is -2.34. The molecule has 2 N–H and O–H groups in total. The summed E-state index contributed by atoms with van der Waals surface area (Å²) in [6.45, 7) is 8.58. The molecule has 1 fully saturated rings. The van der Waals surface area contributed by atoms with Gasteiger partial charge in [-0.1, -0.05) is 27.2 Å². The van der Waals surface area contributed by atoms with Gasteiger partial charge in [-0.25, -0.2) is 0 Å². The Kier molecular flexibility index (Phi) is 6.37. The maximum absolute atomic E-state index is 6.03. The minimum atomic E-state index is 0.431. The minimum Gasteiger partial charge on any atom is -0.378 e. The van der Waals surface area contributed by atoms with Crippen molar-refractivity contribution in [3.05, 3.63) is 0 Å². The third-order valence-electron chi connectivity index (χ3n) is 3.75. The molecule has 3 unspecified atom stereocenters. The van der Waals surface area contributed by atoms with Crippen LogP contribution in [0, 0.1) is 17.8 Å². The van der Waals surface area contributed by atoms with Gasteiger partial charge in [0.15, 0.2) is 0 Å². The van der Waals surface area contributed by atoms with E-state index in [0.717, 1.165) is 25.0 Å². The van der Waals surface area contributed by atoms with Crippen molar-refractivity contribution < 1.29 is 4.74 Å². The molecule has 0 radical (unpaired) electrons. The second kappa shape index (κ2) is 7.29. The molecule has 3 atom stereocenters. The fourth-order valence-corrected chi connectivity index (χ4v) is 2.59. The third kappa shape index (κ3) is 4.84. The maximum atomic E-state index is 6.03. The molecule has 96 valence electrons. The average Bonchev–Trinajstić information content (AvgIpc) is 2.24. The number of hydrogen-bond acceptors (Lipinski definition) is 2. The molecule has 0 aromatic rings. The van der Waals surface area contributed by atoms with Crippen molar-refractivity contribution in [2.45, 2.75) is 59.0 Å². The van der Waals surface area contributed by atoms with Crippen molar-refractivity contribution in [2.75, 3.05) is 13.2 Å². The van der Waals surface area contributed by atoms with Gasteiger partial charge in [-0.2, -0.15) is 0 Å². The van der Waals surface area contributed by atoms with Crippen LogP contribution < -0.4 is 5.73 Å². The first kappa shape index (κ1) is 14.0. The molecule has 0 saturated heterocycles. The molecule has 1 aliphatic rings. The van der Waals surface area contributed by atoms with Crippen LogP contribution in [0.5, 0.6) is 0 Å². The maximum Gasteiger partial charge on any atom is 0.0617 e. The Labute approximate surface area is 101 Å². The molecule has 0 bridgehead atoms. The highest BCUT2D eigenvalue weighted by atomic mass is 16.5. The summed E-state index contributed by atoms with van der Waals surface area (Å²) < 4.78 is 6.03. The Bertz CT molecular complexity index is 182. The molecule has 2 nitrogen and oxygen atoms in total. The van der Waals surface area contributed by atoms with Gasteiger partial charge < -0.3 is 10.5 Å². The quantitative estimate of drug-likeness (QED) is 0.707. The van der Waals surface area contributed by atoms with Gasteiger partial charge in [0.2, 0.25) is 0 Å². The van der Waals surface area contributed by atoms with Crippen LogP contribution >= 0.6 is 0 Å². The normalized spacial score (nSPS) is 30.9. The second-order valence-corrected chi connectivity index (χ2v) is 5.86. The van der Waals surface area contributed by atoms with Crippen LogP contribution in [-0.4, -0.2) is 19.3 Å². The molecular formula is C14H29NO. The Morgan fingerprint density at radius 3 is 2.69 bits per heavy atom. The van der Waals surface area contributed by atoms with Crippen LogP contribution in [0.1, 0.15) is 52.9 Å². The van der Waals surface area contributed by atoms with Crippen molar-refractivity contribution >= 4 is 0 Å². The van der Waals surface area contributed by atoms with Gasteiger partial charge in [-0.05, 0) is 50.0 Å². The summed E-state index contributed by atoms with van der Waals surface area (Å²) in [5, 5.41) is 0. The molecule has 0 aromatic carbocycles. The van der Waals surface area contributed by atoms with Crippen molar-refractivity contribution in [3.63, 3.8) is 0 Å². The van der Waals surface area contributed by atoms with Crippen molar-refractivity contribution in [1.82, 2.24) is 0 Å². The van der Waals surface area contributed by atoms with Crippen molar-refractivity contribution in [2.24, 2.45) is 23.5 Å². The van der Waals surface area contributed by atoms with E-state index in [0.29, 0.717) is 12.0 Å². The second-order valence-electron chi connectivity index (χ2n) is 5.86. The largest absolute Gasteiger partial charge is 0.378 e. The third-order valence-corrected chi connectivity index (χ3v) is 3.75. The number of hydrogen-bond donors (Lipinski definition) is 1. The monoisotopic (exact) mass is 227 g/mol. The summed E-state index contributed by atoms with van der Waals surface area (Å²) in [6.07, 6.45) is 6.69. The van der Waals surface area contributed by atoms with Gasteiger partial charge in [0.05, 0.1) is 6.10 Å². The molecular weight excluding hydrogens is 198 g/mol. The first-order valence-corrected chi connectivity index (χ1v) is 6.95. The van der Waals surface area contributed by atoms with E-state index in [1.165, 1.54) is 32.1 Å². The predicted molar refractivity (Wildman–Crippen MR) is 69.4 cm³/mol. The van der Waals surface area contributed by atoms with Crippen molar-refractivity contribution in [1.29, 1.82) is 0 Å². The van der Waals surface area contributed by atoms with E-state index in [1.807, 2.05) is 0 Å². The van der Waals surface area contributed by atoms with Crippen LogP contribution in [0.15, 0.2) is 0 Å². The van der Waals surface area contributed by atoms with Crippen molar-refractivity contribution in [3.8, 4) is 0 Å². The smallest absolute Gasteiger partial charge is 0.0617 e. The summed E-state index contributed by atoms with van der Waals surface area (Å²) in [6, 6.07) is 0. The molecule has 1 aliphatic carbocycles. The van der Waals surface area contributed by atoms with Gasteiger partial charge in [-0.3, -0.25) is 0 Å². The zero-order valence-corrected chi connectivity index (χ0v) is 11.2. The minimum absolute atomic E-state index is 0.431. The SMILES string of the molecule is CC(C)CCCOC1CC(C)CCC1CN. The molecule has 0 amide bonds. The molecule has 1 rings (SSSR count). The number of ether oxygens (including phenoxy) is 1. The van der Waals surface area contributed by atoms with Crippen LogP contribution in [0.3, 0.4) is 0 Å². The Hall–Kier alpha value is -0.0800. The summed E-state index contributed by atoms with van der Waals surface area (Å²) in [7, 11) is 0. The number of nitrogens with two attached hydrogens (primary N) is 1. The molecule has 2 heteroatoms. The molecule has 0 aromatic heterocycles. The van der Waals surface area contributed by atoms with E-state index in [4.69, 9.17) is 10.5 Å². The van der Waals surface area contributed by atoms with Crippen LogP contribution in [0.25, 0.3) is 0 Å². The lowest BCUT2D eigenvalue weighted by atomic mass is 9.80. The van der Waals surface area contributed by atoms with E-state index < -0.39 is 0 Å². The fourth-order valence-electron chi connectivity index (χ4n) is 2.59. The highest BCUT2D eigenvalue weighted by Gasteiger charge is 2.28. The van der Waals surface area contributed by atoms with Crippen LogP contribution in [0.4, 0.5) is 0 Å². The predicted octanol–water partition coefficient (Wildman–Crippen LogP) is 3.20.